The summed E-state index contributed by atoms with van der Waals surface area (Å²) in [6.45, 7) is 0. The second-order valence-electron chi connectivity index (χ2n) is 5.93. The number of hydrogen-bond donors (Lipinski definition) is 1. The first-order chi connectivity index (χ1) is 13.4. The second kappa shape index (κ2) is 8.53. The number of nitro benzene ring substituents is 1. The molecule has 2 aromatic carbocycles. The van der Waals surface area contributed by atoms with E-state index in [1.54, 1.807) is 37.2 Å². The monoisotopic (exact) mass is 399 g/mol. The molecular formula is C18H17N5O4S. The molecule has 0 unspecified atom stereocenters. The summed E-state index contributed by atoms with van der Waals surface area (Å²) in [6, 6.07) is 12.0. The van der Waals surface area contributed by atoms with Crippen LogP contribution in [0.1, 0.15) is 5.56 Å². The lowest BCUT2D eigenvalue weighted by Gasteiger charge is -2.12. The van der Waals surface area contributed by atoms with Gasteiger partial charge in [-0.15, -0.1) is 0 Å². The zero-order valence-corrected chi connectivity index (χ0v) is 16.0. The van der Waals surface area contributed by atoms with E-state index in [1.165, 1.54) is 12.3 Å². The molecular weight excluding hydrogens is 382 g/mol. The van der Waals surface area contributed by atoms with Crippen LogP contribution in [-0.2, 0) is 4.79 Å². The summed E-state index contributed by atoms with van der Waals surface area (Å²) in [7, 11) is 3.45. The molecule has 0 spiro atoms. The summed E-state index contributed by atoms with van der Waals surface area (Å²) in [5.41, 5.74) is 4.72. The molecule has 0 saturated heterocycles. The van der Waals surface area contributed by atoms with Crippen LogP contribution in [0.4, 0.5) is 11.4 Å². The number of hydrazone groups is 1. The van der Waals surface area contributed by atoms with Crippen LogP contribution in [0.2, 0.25) is 0 Å². The van der Waals surface area contributed by atoms with Gasteiger partial charge in [-0.2, -0.15) is 5.10 Å². The van der Waals surface area contributed by atoms with Gasteiger partial charge in [-0.05, 0) is 18.2 Å². The Kier molecular flexibility index (Phi) is 5.90. The van der Waals surface area contributed by atoms with Crippen molar-refractivity contribution < 1.29 is 14.1 Å². The smallest absolute Gasteiger partial charge is 0.293 e. The highest BCUT2D eigenvalue weighted by Crippen LogP contribution is 2.27. The highest BCUT2D eigenvalue weighted by atomic mass is 32.2. The highest BCUT2D eigenvalue weighted by Gasteiger charge is 2.15. The van der Waals surface area contributed by atoms with Gasteiger partial charge in [-0.25, -0.2) is 10.4 Å². The molecule has 0 aliphatic heterocycles. The van der Waals surface area contributed by atoms with Crippen LogP contribution in [0.5, 0.6) is 0 Å². The molecule has 10 heteroatoms. The van der Waals surface area contributed by atoms with E-state index in [9.17, 15) is 14.9 Å². The molecule has 0 bridgehead atoms. The Bertz CT molecular complexity index is 1010. The third-order valence-corrected chi connectivity index (χ3v) is 4.51. The fourth-order valence-electron chi connectivity index (χ4n) is 2.40. The van der Waals surface area contributed by atoms with E-state index in [0.717, 1.165) is 17.3 Å². The van der Waals surface area contributed by atoms with Crippen molar-refractivity contribution >= 4 is 46.4 Å². The van der Waals surface area contributed by atoms with Crippen LogP contribution in [-0.4, -0.2) is 41.9 Å². The standard InChI is InChI=1S/C18H17N5O4S/c1-22(2)14-8-7-12(9-15(14)23(25)26)10-19-21-17(24)11-28-18-20-13-5-3-4-6-16(13)27-18/h3-10H,11H2,1-2H3,(H,21,24). The van der Waals surface area contributed by atoms with Crippen molar-refractivity contribution in [3.8, 4) is 0 Å². The second-order valence-corrected chi connectivity index (χ2v) is 6.86. The number of carbonyl (C=O) groups excluding carboxylic acids is 1. The number of aromatic nitrogens is 1. The van der Waals surface area contributed by atoms with Crippen LogP contribution >= 0.6 is 11.8 Å². The molecule has 0 radical (unpaired) electrons. The number of rotatable bonds is 7. The first-order valence-corrected chi connectivity index (χ1v) is 9.18. The van der Waals surface area contributed by atoms with E-state index >= 15 is 0 Å². The summed E-state index contributed by atoms with van der Waals surface area (Å²) in [5, 5.41) is 15.4. The fraction of sp³-hybridized carbons (Fsp3) is 0.167. The van der Waals surface area contributed by atoms with Gasteiger partial charge in [0.05, 0.1) is 16.9 Å². The lowest BCUT2D eigenvalue weighted by Crippen LogP contribution is -2.19. The topological polar surface area (TPSA) is 114 Å². The molecule has 28 heavy (non-hydrogen) atoms. The number of nitrogens with one attached hydrogen (secondary N) is 1. The molecule has 1 N–H and O–H groups in total. The molecule has 0 fully saturated rings. The predicted molar refractivity (Wildman–Crippen MR) is 108 cm³/mol. The van der Waals surface area contributed by atoms with Gasteiger partial charge in [0, 0.05) is 25.7 Å². The molecule has 0 aliphatic carbocycles. The van der Waals surface area contributed by atoms with Crippen LogP contribution in [0.15, 0.2) is 57.2 Å². The SMILES string of the molecule is CN(C)c1ccc(C=NNC(=O)CSc2nc3ccccc3o2)cc1[N+](=O)[O-]. The number of fused-ring (bicyclic) bond motifs is 1. The van der Waals surface area contributed by atoms with Gasteiger partial charge in [0.1, 0.15) is 11.2 Å². The zero-order valence-electron chi connectivity index (χ0n) is 15.2. The number of benzene rings is 2. The van der Waals surface area contributed by atoms with Gasteiger partial charge in [-0.1, -0.05) is 30.0 Å². The maximum atomic E-state index is 11.9. The Morgan fingerprint density at radius 3 is 2.86 bits per heavy atom. The minimum atomic E-state index is -0.456. The van der Waals surface area contributed by atoms with E-state index in [2.05, 4.69) is 15.5 Å². The first-order valence-electron chi connectivity index (χ1n) is 8.20. The lowest BCUT2D eigenvalue weighted by molar-refractivity contribution is -0.384. The molecule has 0 atom stereocenters. The maximum absolute atomic E-state index is 11.9. The number of thioether (sulfide) groups is 1. The lowest BCUT2D eigenvalue weighted by atomic mass is 10.2. The third kappa shape index (κ3) is 4.65. The maximum Gasteiger partial charge on any atom is 0.293 e. The van der Waals surface area contributed by atoms with E-state index < -0.39 is 4.92 Å². The van der Waals surface area contributed by atoms with Gasteiger partial charge >= 0.3 is 0 Å². The van der Waals surface area contributed by atoms with Gasteiger partial charge in [-0.3, -0.25) is 14.9 Å². The molecule has 1 aromatic heterocycles. The minimum absolute atomic E-state index is 0.0354. The number of carbonyl (C=O) groups is 1. The minimum Gasteiger partial charge on any atom is -0.431 e. The summed E-state index contributed by atoms with van der Waals surface area (Å²) in [6.07, 6.45) is 1.36. The third-order valence-electron chi connectivity index (χ3n) is 3.68. The molecule has 3 aromatic rings. The van der Waals surface area contributed by atoms with E-state index in [1.807, 2.05) is 18.2 Å². The number of oxazole rings is 1. The van der Waals surface area contributed by atoms with Crippen molar-refractivity contribution in [1.29, 1.82) is 0 Å². The molecule has 1 heterocycles. The quantitative estimate of drug-likeness (QED) is 0.281. The van der Waals surface area contributed by atoms with E-state index in [0.29, 0.717) is 22.1 Å². The average molecular weight is 399 g/mol. The van der Waals surface area contributed by atoms with Gasteiger partial charge < -0.3 is 9.32 Å². The number of nitro groups is 1. The average Bonchev–Trinajstić information content (AvgIpc) is 3.09. The largest absolute Gasteiger partial charge is 0.431 e. The predicted octanol–water partition coefficient (Wildman–Crippen LogP) is 3.04. The Morgan fingerprint density at radius 1 is 1.36 bits per heavy atom. The van der Waals surface area contributed by atoms with Crippen LogP contribution in [0.25, 0.3) is 11.1 Å². The molecule has 144 valence electrons. The number of hydrogen-bond acceptors (Lipinski definition) is 8. The number of nitrogens with zero attached hydrogens (tertiary/aromatic N) is 4. The molecule has 0 aliphatic rings. The molecule has 0 saturated carbocycles. The summed E-state index contributed by atoms with van der Waals surface area (Å²) < 4.78 is 5.52. The van der Waals surface area contributed by atoms with Crippen molar-refractivity contribution in [3.63, 3.8) is 0 Å². The van der Waals surface area contributed by atoms with Crippen LogP contribution in [0, 0.1) is 10.1 Å². The fourth-order valence-corrected chi connectivity index (χ4v) is 3.03. The Hall–Kier alpha value is -3.40. The molecule has 3 rings (SSSR count). The van der Waals surface area contributed by atoms with Gasteiger partial charge in [0.15, 0.2) is 5.58 Å². The normalized spacial score (nSPS) is 11.1. The van der Waals surface area contributed by atoms with E-state index in [4.69, 9.17) is 4.42 Å². The van der Waals surface area contributed by atoms with Crippen molar-refractivity contribution in [2.24, 2.45) is 5.10 Å². The van der Waals surface area contributed by atoms with E-state index in [-0.39, 0.29) is 17.3 Å². The van der Waals surface area contributed by atoms with Crippen LogP contribution in [0.3, 0.4) is 0 Å². The van der Waals surface area contributed by atoms with Gasteiger partial charge in [0.25, 0.3) is 16.8 Å². The van der Waals surface area contributed by atoms with Crippen molar-refractivity contribution in [3.05, 3.63) is 58.1 Å². The number of amides is 1. The van der Waals surface area contributed by atoms with Crippen LogP contribution < -0.4 is 10.3 Å². The number of anilines is 1. The Balaban J connectivity index is 1.57. The highest BCUT2D eigenvalue weighted by molar-refractivity contribution is 7.99. The summed E-state index contributed by atoms with van der Waals surface area (Å²) in [5.74, 6) is -0.271. The summed E-state index contributed by atoms with van der Waals surface area (Å²) in [4.78, 5) is 28.6. The Labute approximate surface area is 164 Å². The summed E-state index contributed by atoms with van der Waals surface area (Å²) >= 11 is 1.15. The first kappa shape index (κ1) is 19.4. The van der Waals surface area contributed by atoms with Crippen molar-refractivity contribution in [1.82, 2.24) is 10.4 Å². The Morgan fingerprint density at radius 2 is 2.14 bits per heavy atom. The molecule has 9 nitrogen and oxygen atoms in total. The van der Waals surface area contributed by atoms with Crippen molar-refractivity contribution in [2.45, 2.75) is 5.22 Å². The number of para-hydroxylation sites is 2. The molecule has 1 amide bonds. The van der Waals surface area contributed by atoms with Crippen molar-refractivity contribution in [2.75, 3.05) is 24.7 Å². The zero-order chi connectivity index (χ0) is 20.1. The van der Waals surface area contributed by atoms with Gasteiger partial charge in [0.2, 0.25) is 0 Å².